The molecule has 5 aromatic rings. The van der Waals surface area contributed by atoms with Crippen molar-refractivity contribution in [2.24, 2.45) is 0 Å². The minimum atomic E-state index is -0.567. The molecule has 41 heavy (non-hydrogen) atoms. The Labute approximate surface area is 237 Å². The fourth-order valence-corrected chi connectivity index (χ4v) is 5.17. The van der Waals surface area contributed by atoms with Gasteiger partial charge in [-0.05, 0) is 66.6 Å². The zero-order chi connectivity index (χ0) is 29.1. The van der Waals surface area contributed by atoms with Gasteiger partial charge < -0.3 is 28.3 Å². The molecule has 210 valence electrons. The van der Waals surface area contributed by atoms with E-state index in [9.17, 15) is 14.0 Å². The van der Waals surface area contributed by atoms with Gasteiger partial charge in [-0.2, -0.15) is 0 Å². The fourth-order valence-electron chi connectivity index (χ4n) is 4.37. The van der Waals surface area contributed by atoms with Crippen molar-refractivity contribution >= 4 is 34.5 Å². The molecule has 3 aromatic carbocycles. The Morgan fingerprint density at radius 2 is 1.76 bits per heavy atom. The van der Waals surface area contributed by atoms with Gasteiger partial charge >= 0.3 is 4.87 Å². The van der Waals surface area contributed by atoms with E-state index >= 15 is 0 Å². The average Bonchev–Trinajstić information content (AvgIpc) is 3.33. The van der Waals surface area contributed by atoms with E-state index in [0.717, 1.165) is 33.1 Å². The van der Waals surface area contributed by atoms with Crippen molar-refractivity contribution in [2.45, 2.75) is 6.92 Å². The average molecular weight is 576 g/mol. The maximum atomic E-state index is 14.0. The number of H-pyrrole nitrogens is 1. The molecule has 0 bridgehead atoms. The summed E-state index contributed by atoms with van der Waals surface area (Å²) in [6, 6.07) is 16.2. The lowest BCUT2D eigenvalue weighted by atomic mass is 10.1. The second-order valence-corrected chi connectivity index (χ2v) is 9.95. The molecule has 0 fully saturated rings. The van der Waals surface area contributed by atoms with Crippen LogP contribution in [0, 0.1) is 5.82 Å². The molecule has 8 nitrogen and oxygen atoms in total. The van der Waals surface area contributed by atoms with Gasteiger partial charge in [0.15, 0.2) is 17.3 Å². The number of nitrogens with one attached hydrogen (secondary N) is 1. The number of aromatic amines is 1. The van der Waals surface area contributed by atoms with Crippen LogP contribution in [0.3, 0.4) is 0 Å². The molecule has 0 spiro atoms. The fraction of sp³-hybridized carbons (Fsp3) is 0.161. The number of benzene rings is 3. The minimum absolute atomic E-state index is 0.00124. The third-order valence-corrected chi connectivity index (χ3v) is 7.43. The Morgan fingerprint density at radius 3 is 2.49 bits per heavy atom. The van der Waals surface area contributed by atoms with Crippen LogP contribution < -0.4 is 39.1 Å². The van der Waals surface area contributed by atoms with Crippen molar-refractivity contribution < 1.29 is 27.8 Å². The van der Waals surface area contributed by atoms with Crippen molar-refractivity contribution in [3.63, 3.8) is 0 Å². The maximum Gasteiger partial charge on any atom is 0.305 e. The van der Waals surface area contributed by atoms with Gasteiger partial charge in [-0.25, -0.2) is 4.39 Å². The third kappa shape index (κ3) is 5.73. The Hall–Kier alpha value is -4.83. The highest BCUT2D eigenvalue weighted by Crippen LogP contribution is 2.36. The summed E-state index contributed by atoms with van der Waals surface area (Å²) >= 11 is 1.10. The summed E-state index contributed by atoms with van der Waals surface area (Å²) < 4.78 is 43.3. The largest absolute Gasteiger partial charge is 0.493 e. The lowest BCUT2D eigenvalue weighted by molar-refractivity contribution is 0.214. The molecule has 0 radical (unpaired) electrons. The van der Waals surface area contributed by atoms with Gasteiger partial charge in [0.05, 0.1) is 29.5 Å². The van der Waals surface area contributed by atoms with Crippen LogP contribution >= 0.6 is 11.3 Å². The molecule has 10 heteroatoms. The zero-order valence-electron chi connectivity index (χ0n) is 22.5. The van der Waals surface area contributed by atoms with Crippen LogP contribution in [-0.4, -0.2) is 32.4 Å². The van der Waals surface area contributed by atoms with E-state index in [1.54, 1.807) is 24.3 Å². The predicted octanol–water partition coefficient (Wildman–Crippen LogP) is 4.45. The first-order chi connectivity index (χ1) is 19.8. The number of rotatable bonds is 9. The minimum Gasteiger partial charge on any atom is -0.493 e. The number of aromatic nitrogens is 1. The molecular formula is C31H26FNO7S. The lowest BCUT2D eigenvalue weighted by Crippen LogP contribution is -2.21. The Balaban J connectivity index is 1.42. The molecule has 0 aliphatic heterocycles. The van der Waals surface area contributed by atoms with E-state index in [-0.39, 0.29) is 40.6 Å². The summed E-state index contributed by atoms with van der Waals surface area (Å²) in [7, 11) is 3.02. The summed E-state index contributed by atoms with van der Waals surface area (Å²) in [6.07, 6.45) is 0. The third-order valence-electron chi connectivity index (χ3n) is 6.38. The van der Waals surface area contributed by atoms with Crippen molar-refractivity contribution in [2.75, 3.05) is 27.4 Å². The molecule has 0 amide bonds. The van der Waals surface area contributed by atoms with Crippen LogP contribution in [-0.2, 0) is 0 Å². The standard InChI is InChI=1S/C31H26FNO7S/c1-17(30-18(2)33-31(35)41-30)19-6-5-7-22(14-19)38-12-13-39-29-27(34)23-16-21(32)9-11-24(23)40-28(29)20-8-10-25(36-3)26(15-20)37-4/h5-11,14-16H,2,12-13H2,1,3-4H3,(H,33,35)/b30-17-. The van der Waals surface area contributed by atoms with Crippen LogP contribution in [0.4, 0.5) is 4.39 Å². The Morgan fingerprint density at radius 1 is 0.976 bits per heavy atom. The summed E-state index contributed by atoms with van der Waals surface area (Å²) in [5, 5.41) is 0.623. The first-order valence-electron chi connectivity index (χ1n) is 12.5. The van der Waals surface area contributed by atoms with Crippen LogP contribution in [0.2, 0.25) is 0 Å². The molecular weight excluding hydrogens is 549 g/mol. The molecule has 0 atom stereocenters. The van der Waals surface area contributed by atoms with Crippen LogP contribution in [0.15, 0.2) is 74.7 Å². The highest BCUT2D eigenvalue weighted by atomic mass is 32.1. The number of fused-ring (bicyclic) bond motifs is 1. The molecule has 0 unspecified atom stereocenters. The monoisotopic (exact) mass is 575 g/mol. The number of ether oxygens (including phenoxy) is 4. The topological polar surface area (TPSA) is 100.0 Å². The van der Waals surface area contributed by atoms with Gasteiger partial charge in [-0.15, -0.1) is 0 Å². The Bertz CT molecular complexity index is 1980. The zero-order valence-corrected chi connectivity index (χ0v) is 23.4. The maximum absolute atomic E-state index is 14.0. The lowest BCUT2D eigenvalue weighted by Gasteiger charge is -2.14. The van der Waals surface area contributed by atoms with Crippen LogP contribution in [0.25, 0.3) is 34.4 Å². The predicted molar refractivity (Wildman–Crippen MR) is 156 cm³/mol. The second kappa shape index (κ2) is 11.7. The Kier molecular flexibility index (Phi) is 7.93. The number of hydrogen-bond acceptors (Lipinski definition) is 8. The normalized spacial score (nSPS) is 11.8. The molecule has 2 heterocycles. The van der Waals surface area contributed by atoms with Gasteiger partial charge in [0.25, 0.3) is 0 Å². The summed E-state index contributed by atoms with van der Waals surface area (Å²) in [6.45, 7) is 5.91. The molecule has 0 saturated heterocycles. The SMILES string of the molecule is C=c1[nH]c(=O)s/c1=C(/C)c1cccc(OCCOc2c(-c3ccc(OC)c(OC)c3)oc3ccc(F)cc3c2=O)c1. The van der Waals surface area contributed by atoms with E-state index in [4.69, 9.17) is 23.4 Å². The first-order valence-corrected chi connectivity index (χ1v) is 13.3. The quantitative estimate of drug-likeness (QED) is 0.259. The summed E-state index contributed by atoms with van der Waals surface area (Å²) in [5.74, 6) is 1.03. The number of halogens is 1. The van der Waals surface area contributed by atoms with Crippen molar-refractivity contribution in [1.82, 2.24) is 4.98 Å². The number of thiazole rings is 1. The number of hydrogen-bond donors (Lipinski definition) is 1. The van der Waals surface area contributed by atoms with Crippen molar-refractivity contribution in [1.29, 1.82) is 0 Å². The highest BCUT2D eigenvalue weighted by molar-refractivity contribution is 7.07. The molecule has 0 aliphatic rings. The highest BCUT2D eigenvalue weighted by Gasteiger charge is 2.20. The van der Waals surface area contributed by atoms with Gasteiger partial charge in [0.1, 0.15) is 30.4 Å². The molecule has 5 rings (SSSR count). The van der Waals surface area contributed by atoms with Gasteiger partial charge in [-0.1, -0.05) is 30.0 Å². The van der Waals surface area contributed by atoms with Gasteiger partial charge in [0, 0.05) is 5.56 Å². The van der Waals surface area contributed by atoms with Crippen LogP contribution in [0.1, 0.15) is 12.5 Å². The van der Waals surface area contributed by atoms with E-state index in [2.05, 4.69) is 11.6 Å². The smallest absolute Gasteiger partial charge is 0.305 e. The number of methoxy groups -OCH3 is 2. The van der Waals surface area contributed by atoms with Crippen molar-refractivity contribution in [3.05, 3.63) is 102 Å². The first kappa shape index (κ1) is 27.7. The van der Waals surface area contributed by atoms with Crippen LogP contribution in [0.5, 0.6) is 23.0 Å². The summed E-state index contributed by atoms with van der Waals surface area (Å²) in [5.41, 5.74) is 1.97. The van der Waals surface area contributed by atoms with E-state index in [1.165, 1.54) is 26.4 Å². The van der Waals surface area contributed by atoms with Gasteiger partial charge in [0.2, 0.25) is 11.2 Å². The molecule has 1 N–H and O–H groups in total. The van der Waals surface area contributed by atoms with Gasteiger partial charge in [-0.3, -0.25) is 9.59 Å². The molecule has 0 aliphatic carbocycles. The van der Waals surface area contributed by atoms with E-state index < -0.39 is 11.2 Å². The second-order valence-electron chi connectivity index (χ2n) is 8.97. The van der Waals surface area contributed by atoms with E-state index in [1.807, 2.05) is 25.1 Å². The van der Waals surface area contributed by atoms with Crippen molar-refractivity contribution in [3.8, 4) is 34.3 Å². The molecule has 0 saturated carbocycles. The molecule has 2 aromatic heterocycles. The van der Waals surface area contributed by atoms with E-state index in [0.29, 0.717) is 28.2 Å². The summed E-state index contributed by atoms with van der Waals surface area (Å²) in [4.78, 5) is 27.7.